The summed E-state index contributed by atoms with van der Waals surface area (Å²) in [6, 6.07) is 3.68. The summed E-state index contributed by atoms with van der Waals surface area (Å²) >= 11 is 11.4. The second-order valence-electron chi connectivity index (χ2n) is 3.93. The Morgan fingerprint density at radius 2 is 1.90 bits per heavy atom. The lowest BCUT2D eigenvalue weighted by molar-refractivity contribution is -0.135. The van der Waals surface area contributed by atoms with Crippen LogP contribution in [0.25, 0.3) is 0 Å². The van der Waals surface area contributed by atoms with Crippen molar-refractivity contribution in [1.82, 2.24) is 4.31 Å². The van der Waals surface area contributed by atoms with E-state index in [1.165, 1.54) is 19.1 Å². The molecule has 0 spiro atoms. The third-order valence-electron chi connectivity index (χ3n) is 2.51. The molecule has 1 aromatic carbocycles. The number of nitrogens with zero attached hydrogens (tertiary/aromatic N) is 1. The van der Waals surface area contributed by atoms with Crippen molar-refractivity contribution >= 4 is 33.2 Å². The first-order valence-corrected chi connectivity index (χ1v) is 7.88. The highest BCUT2D eigenvalue weighted by molar-refractivity contribution is 7.89. The van der Waals surface area contributed by atoms with E-state index in [1.807, 2.05) is 0 Å². The van der Waals surface area contributed by atoms with E-state index in [4.69, 9.17) is 23.2 Å². The van der Waals surface area contributed by atoms with Crippen LogP contribution < -0.4 is 0 Å². The average Bonchev–Trinajstić information content (AvgIpc) is 2.34. The lowest BCUT2D eigenvalue weighted by atomic mass is 10.2. The second-order valence-corrected chi connectivity index (χ2v) is 6.55. The summed E-state index contributed by atoms with van der Waals surface area (Å²) < 4.78 is 61.8. The van der Waals surface area contributed by atoms with Gasteiger partial charge >= 0.3 is 6.18 Å². The standard InChI is InChI=1S/C11H12Cl2F3NO2S/c1-2-17(7-11(14,15)16)20(18,19)9-4-3-8(6-12)10(13)5-9/h3-5H,2,6-7H2,1H3. The lowest BCUT2D eigenvalue weighted by Gasteiger charge is -2.22. The number of rotatable bonds is 5. The molecule has 0 unspecified atom stereocenters. The summed E-state index contributed by atoms with van der Waals surface area (Å²) in [6.45, 7) is -0.505. The SMILES string of the molecule is CCN(CC(F)(F)F)S(=O)(=O)c1ccc(CCl)c(Cl)c1. The Morgan fingerprint density at radius 1 is 1.30 bits per heavy atom. The molecule has 0 aliphatic carbocycles. The van der Waals surface area contributed by atoms with E-state index in [1.54, 1.807) is 0 Å². The van der Waals surface area contributed by atoms with Gasteiger partial charge in [-0.25, -0.2) is 8.42 Å². The molecule has 0 aliphatic rings. The van der Waals surface area contributed by atoms with Crippen LogP contribution in [0.4, 0.5) is 13.2 Å². The molecule has 0 amide bonds. The predicted octanol–water partition coefficient (Wildman–Crippen LogP) is 3.65. The molecule has 114 valence electrons. The van der Waals surface area contributed by atoms with Crippen molar-refractivity contribution in [2.75, 3.05) is 13.1 Å². The Hall–Kier alpha value is -0.500. The molecule has 0 saturated carbocycles. The third-order valence-corrected chi connectivity index (χ3v) is 5.07. The first kappa shape index (κ1) is 17.6. The zero-order valence-electron chi connectivity index (χ0n) is 10.4. The van der Waals surface area contributed by atoms with Crippen LogP contribution in [-0.4, -0.2) is 32.0 Å². The van der Waals surface area contributed by atoms with Gasteiger partial charge in [-0.2, -0.15) is 17.5 Å². The topological polar surface area (TPSA) is 37.4 Å². The predicted molar refractivity (Wildman–Crippen MR) is 71.5 cm³/mol. The fourth-order valence-electron chi connectivity index (χ4n) is 1.51. The van der Waals surface area contributed by atoms with E-state index in [2.05, 4.69) is 0 Å². The maximum Gasteiger partial charge on any atom is 0.402 e. The minimum absolute atomic E-state index is 0.0825. The third kappa shape index (κ3) is 4.25. The van der Waals surface area contributed by atoms with Crippen molar-refractivity contribution in [3.05, 3.63) is 28.8 Å². The van der Waals surface area contributed by atoms with Crippen molar-refractivity contribution in [2.45, 2.75) is 23.9 Å². The summed E-state index contributed by atoms with van der Waals surface area (Å²) in [6.07, 6.45) is -4.61. The van der Waals surface area contributed by atoms with Crippen LogP contribution in [0, 0.1) is 0 Å². The Bertz CT molecular complexity index is 576. The summed E-state index contributed by atoms with van der Waals surface area (Å²) in [5, 5.41) is 0.101. The molecule has 1 rings (SSSR count). The number of hydrogen-bond donors (Lipinski definition) is 0. The monoisotopic (exact) mass is 349 g/mol. The molecular weight excluding hydrogens is 338 g/mol. The molecule has 0 atom stereocenters. The first-order valence-electron chi connectivity index (χ1n) is 5.53. The molecule has 0 N–H and O–H groups in total. The number of hydrogen-bond acceptors (Lipinski definition) is 2. The Balaban J connectivity index is 3.17. The quantitative estimate of drug-likeness (QED) is 0.761. The van der Waals surface area contributed by atoms with Gasteiger partial charge in [0.25, 0.3) is 0 Å². The van der Waals surface area contributed by atoms with E-state index < -0.39 is 22.7 Å². The Kier molecular flexibility index (Phi) is 5.71. The van der Waals surface area contributed by atoms with Gasteiger partial charge in [0.1, 0.15) is 6.54 Å². The van der Waals surface area contributed by atoms with Gasteiger partial charge < -0.3 is 0 Å². The smallest absolute Gasteiger partial charge is 0.207 e. The number of halogens is 5. The lowest BCUT2D eigenvalue weighted by Crippen LogP contribution is -2.38. The average molecular weight is 350 g/mol. The first-order chi connectivity index (χ1) is 9.11. The normalized spacial score (nSPS) is 12.9. The van der Waals surface area contributed by atoms with Gasteiger partial charge in [-0.15, -0.1) is 11.6 Å². The molecule has 3 nitrogen and oxygen atoms in total. The van der Waals surface area contributed by atoms with Gasteiger partial charge in [-0.1, -0.05) is 24.6 Å². The van der Waals surface area contributed by atoms with Crippen molar-refractivity contribution in [3.63, 3.8) is 0 Å². The zero-order chi connectivity index (χ0) is 15.6. The van der Waals surface area contributed by atoms with Crippen LogP contribution in [0.1, 0.15) is 12.5 Å². The fraction of sp³-hybridized carbons (Fsp3) is 0.455. The summed E-state index contributed by atoms with van der Waals surface area (Å²) in [4.78, 5) is -0.289. The van der Waals surface area contributed by atoms with Crippen molar-refractivity contribution in [1.29, 1.82) is 0 Å². The van der Waals surface area contributed by atoms with Gasteiger partial charge in [-0.3, -0.25) is 0 Å². The highest BCUT2D eigenvalue weighted by atomic mass is 35.5. The Labute approximate surface area is 125 Å². The second kappa shape index (κ2) is 6.51. The van der Waals surface area contributed by atoms with Gasteiger partial charge in [0.2, 0.25) is 10.0 Å². The Morgan fingerprint density at radius 3 is 2.30 bits per heavy atom. The molecule has 1 aromatic rings. The van der Waals surface area contributed by atoms with E-state index in [0.717, 1.165) is 6.07 Å². The molecule has 9 heteroatoms. The summed E-state index contributed by atoms with van der Waals surface area (Å²) in [7, 11) is -4.25. The van der Waals surface area contributed by atoms with Gasteiger partial charge in [0.15, 0.2) is 0 Å². The molecule has 0 radical (unpaired) electrons. The number of sulfonamides is 1. The molecular formula is C11H12Cl2F3NO2S. The van der Waals surface area contributed by atoms with E-state index in [9.17, 15) is 21.6 Å². The molecule has 0 aromatic heterocycles. The molecule has 20 heavy (non-hydrogen) atoms. The van der Waals surface area contributed by atoms with E-state index in [0.29, 0.717) is 9.87 Å². The largest absolute Gasteiger partial charge is 0.402 e. The highest BCUT2D eigenvalue weighted by Gasteiger charge is 2.36. The van der Waals surface area contributed by atoms with Crippen molar-refractivity contribution < 1.29 is 21.6 Å². The molecule has 0 aliphatic heterocycles. The van der Waals surface area contributed by atoms with E-state index >= 15 is 0 Å². The summed E-state index contributed by atoms with van der Waals surface area (Å²) in [5.41, 5.74) is 0.506. The van der Waals surface area contributed by atoms with Crippen molar-refractivity contribution in [2.24, 2.45) is 0 Å². The summed E-state index contributed by atoms with van der Waals surface area (Å²) in [5.74, 6) is 0.0825. The highest BCUT2D eigenvalue weighted by Crippen LogP contribution is 2.26. The van der Waals surface area contributed by atoms with Crippen LogP contribution in [0.15, 0.2) is 23.1 Å². The van der Waals surface area contributed by atoms with Gasteiger partial charge in [0, 0.05) is 17.4 Å². The number of benzene rings is 1. The van der Waals surface area contributed by atoms with Crippen molar-refractivity contribution in [3.8, 4) is 0 Å². The van der Waals surface area contributed by atoms with Crippen LogP contribution in [-0.2, 0) is 15.9 Å². The zero-order valence-corrected chi connectivity index (χ0v) is 12.7. The minimum Gasteiger partial charge on any atom is -0.207 e. The number of alkyl halides is 4. The van der Waals surface area contributed by atoms with Gasteiger partial charge in [0.05, 0.1) is 4.90 Å². The fourth-order valence-corrected chi connectivity index (χ4v) is 3.59. The molecule has 0 bridgehead atoms. The van der Waals surface area contributed by atoms with Crippen LogP contribution >= 0.6 is 23.2 Å². The molecule has 0 saturated heterocycles. The maximum atomic E-state index is 12.4. The van der Waals surface area contributed by atoms with Crippen LogP contribution in [0.3, 0.4) is 0 Å². The van der Waals surface area contributed by atoms with Crippen LogP contribution in [0.2, 0.25) is 5.02 Å². The molecule has 0 heterocycles. The van der Waals surface area contributed by atoms with E-state index in [-0.39, 0.29) is 22.3 Å². The maximum absolute atomic E-state index is 12.4. The molecule has 0 fully saturated rings. The minimum atomic E-state index is -4.61. The van der Waals surface area contributed by atoms with Gasteiger partial charge in [-0.05, 0) is 17.7 Å². The van der Waals surface area contributed by atoms with Crippen LogP contribution in [0.5, 0.6) is 0 Å².